The van der Waals surface area contributed by atoms with Gasteiger partial charge in [-0.25, -0.2) is 0 Å². The molecule has 0 aliphatic carbocycles. The highest BCUT2D eigenvalue weighted by atomic mass is 16.5. The van der Waals surface area contributed by atoms with Gasteiger partial charge in [0.05, 0.1) is 13.2 Å². The molecular formula is C19H24N4O4. The summed E-state index contributed by atoms with van der Waals surface area (Å²) in [5, 5.41) is 5.71. The molecule has 27 heavy (non-hydrogen) atoms. The third-order valence-electron chi connectivity index (χ3n) is 5.61. The first-order chi connectivity index (χ1) is 13.0. The normalized spacial score (nSPS) is 27.8. The molecule has 0 spiro atoms. The van der Waals surface area contributed by atoms with E-state index in [1.54, 1.807) is 4.90 Å². The van der Waals surface area contributed by atoms with E-state index in [1.807, 2.05) is 18.2 Å². The van der Waals surface area contributed by atoms with E-state index >= 15 is 0 Å². The minimum Gasteiger partial charge on any atom is -0.379 e. The van der Waals surface area contributed by atoms with Gasteiger partial charge in [0.25, 0.3) is 5.91 Å². The monoisotopic (exact) mass is 372 g/mol. The lowest BCUT2D eigenvalue weighted by atomic mass is 10.0. The summed E-state index contributed by atoms with van der Waals surface area (Å²) in [5.41, 5.74) is 8.51. The zero-order valence-electron chi connectivity index (χ0n) is 15.1. The number of hydrogen-bond donors (Lipinski definition) is 3. The molecule has 8 heteroatoms. The topological polar surface area (TPSA) is 114 Å². The van der Waals surface area contributed by atoms with Crippen molar-refractivity contribution in [3.05, 3.63) is 34.9 Å². The quantitative estimate of drug-likeness (QED) is 0.601. The molecule has 8 nitrogen and oxygen atoms in total. The SMILES string of the molecule is N[C@@H]1COC[C@H]1CNCc1cccc2c1C(=O)N(C1CCC(=O)NC1=O)C2. The molecule has 0 aromatic heterocycles. The number of carbonyl (C=O) groups is 3. The van der Waals surface area contributed by atoms with Crippen LogP contribution >= 0.6 is 0 Å². The van der Waals surface area contributed by atoms with Crippen LogP contribution in [0.4, 0.5) is 0 Å². The van der Waals surface area contributed by atoms with Crippen molar-refractivity contribution in [2.75, 3.05) is 19.8 Å². The first-order valence-corrected chi connectivity index (χ1v) is 9.34. The Balaban J connectivity index is 1.45. The van der Waals surface area contributed by atoms with Gasteiger partial charge in [0.2, 0.25) is 11.8 Å². The Morgan fingerprint density at radius 1 is 1.26 bits per heavy atom. The van der Waals surface area contributed by atoms with E-state index in [9.17, 15) is 14.4 Å². The number of nitrogens with zero attached hydrogens (tertiary/aromatic N) is 1. The van der Waals surface area contributed by atoms with Crippen LogP contribution in [0.1, 0.15) is 34.3 Å². The molecule has 3 atom stereocenters. The summed E-state index contributed by atoms with van der Waals surface area (Å²) in [5.74, 6) is -0.531. The standard InChI is InChI=1S/C19H24N4O4/c20-14-10-27-9-13(14)7-21-6-11-2-1-3-12-8-23(19(26)17(11)12)15-4-5-16(24)22-18(15)25/h1-3,13-15,21H,4-10,20H2,(H,22,24,25)/t13-,14-,15?/m1/s1. The molecule has 2 saturated heterocycles. The fourth-order valence-electron chi connectivity index (χ4n) is 4.05. The van der Waals surface area contributed by atoms with Gasteiger partial charge in [0.1, 0.15) is 6.04 Å². The molecule has 3 aliphatic heterocycles. The van der Waals surface area contributed by atoms with E-state index in [1.165, 1.54) is 0 Å². The second-order valence-corrected chi connectivity index (χ2v) is 7.44. The zero-order valence-corrected chi connectivity index (χ0v) is 15.1. The second-order valence-electron chi connectivity index (χ2n) is 7.44. The fraction of sp³-hybridized carbons (Fsp3) is 0.526. The van der Waals surface area contributed by atoms with Crippen molar-refractivity contribution in [1.82, 2.24) is 15.5 Å². The van der Waals surface area contributed by atoms with Gasteiger partial charge in [-0.1, -0.05) is 18.2 Å². The Labute approximate surface area is 157 Å². The smallest absolute Gasteiger partial charge is 0.255 e. The molecule has 0 radical (unpaired) electrons. The Kier molecular flexibility index (Phi) is 4.94. The largest absolute Gasteiger partial charge is 0.379 e. The summed E-state index contributed by atoms with van der Waals surface area (Å²) in [6, 6.07) is 5.24. The van der Waals surface area contributed by atoms with Gasteiger partial charge in [-0.3, -0.25) is 19.7 Å². The van der Waals surface area contributed by atoms with Crippen molar-refractivity contribution in [3.63, 3.8) is 0 Å². The number of carbonyl (C=O) groups excluding carboxylic acids is 3. The highest BCUT2D eigenvalue weighted by Gasteiger charge is 2.39. The van der Waals surface area contributed by atoms with E-state index in [0.29, 0.717) is 38.3 Å². The van der Waals surface area contributed by atoms with E-state index in [4.69, 9.17) is 10.5 Å². The Morgan fingerprint density at radius 2 is 2.11 bits per heavy atom. The fourth-order valence-corrected chi connectivity index (χ4v) is 4.05. The Hall–Kier alpha value is -2.29. The van der Waals surface area contributed by atoms with E-state index in [0.717, 1.165) is 17.7 Å². The first-order valence-electron chi connectivity index (χ1n) is 9.34. The van der Waals surface area contributed by atoms with Crippen molar-refractivity contribution in [2.24, 2.45) is 11.7 Å². The predicted molar refractivity (Wildman–Crippen MR) is 96.5 cm³/mol. The van der Waals surface area contributed by atoms with Crippen LogP contribution in [0.5, 0.6) is 0 Å². The van der Waals surface area contributed by atoms with Crippen LogP contribution in [0.3, 0.4) is 0 Å². The Morgan fingerprint density at radius 3 is 2.85 bits per heavy atom. The van der Waals surface area contributed by atoms with Crippen molar-refractivity contribution in [3.8, 4) is 0 Å². The molecule has 3 heterocycles. The van der Waals surface area contributed by atoms with Crippen molar-refractivity contribution in [2.45, 2.75) is 38.0 Å². The molecule has 144 valence electrons. The van der Waals surface area contributed by atoms with Crippen molar-refractivity contribution in [1.29, 1.82) is 0 Å². The average molecular weight is 372 g/mol. The second kappa shape index (κ2) is 7.38. The first kappa shape index (κ1) is 18.1. The lowest BCUT2D eigenvalue weighted by Crippen LogP contribution is -2.52. The highest BCUT2D eigenvalue weighted by molar-refractivity contribution is 6.05. The molecule has 0 saturated carbocycles. The maximum absolute atomic E-state index is 13.0. The van der Waals surface area contributed by atoms with Crippen LogP contribution in [0.25, 0.3) is 0 Å². The summed E-state index contributed by atoms with van der Waals surface area (Å²) in [7, 11) is 0. The summed E-state index contributed by atoms with van der Waals surface area (Å²) in [6.07, 6.45) is 0.631. The molecule has 0 bridgehead atoms. The number of amides is 3. The lowest BCUT2D eigenvalue weighted by Gasteiger charge is -2.29. The molecule has 3 amide bonds. The van der Waals surface area contributed by atoms with Crippen molar-refractivity contribution < 1.29 is 19.1 Å². The molecule has 2 fully saturated rings. The maximum atomic E-state index is 13.0. The Bertz CT molecular complexity index is 781. The number of fused-ring (bicyclic) bond motifs is 1. The van der Waals surface area contributed by atoms with Gasteiger partial charge in [0.15, 0.2) is 0 Å². The zero-order chi connectivity index (χ0) is 19.0. The van der Waals surface area contributed by atoms with Crippen LogP contribution in [0.2, 0.25) is 0 Å². The molecule has 1 aromatic carbocycles. The minimum atomic E-state index is -0.586. The van der Waals surface area contributed by atoms with Crippen LogP contribution in [0.15, 0.2) is 18.2 Å². The van der Waals surface area contributed by atoms with Gasteiger partial charge in [-0.2, -0.15) is 0 Å². The molecule has 1 unspecified atom stereocenters. The number of benzene rings is 1. The molecular weight excluding hydrogens is 348 g/mol. The van der Waals surface area contributed by atoms with Crippen molar-refractivity contribution >= 4 is 17.7 Å². The van der Waals surface area contributed by atoms with E-state index in [2.05, 4.69) is 10.6 Å². The highest BCUT2D eigenvalue weighted by Crippen LogP contribution is 2.29. The van der Waals surface area contributed by atoms with Crippen LogP contribution in [-0.4, -0.2) is 54.5 Å². The summed E-state index contributed by atoms with van der Waals surface area (Å²) >= 11 is 0. The molecule has 1 aromatic rings. The predicted octanol–water partition coefficient (Wildman–Crippen LogP) is -0.489. The van der Waals surface area contributed by atoms with Gasteiger partial charge >= 0.3 is 0 Å². The van der Waals surface area contributed by atoms with E-state index in [-0.39, 0.29) is 36.1 Å². The number of imide groups is 1. The summed E-state index contributed by atoms with van der Waals surface area (Å²) in [6.45, 7) is 2.93. The molecule has 3 aliphatic rings. The van der Waals surface area contributed by atoms with Crippen LogP contribution < -0.4 is 16.4 Å². The third kappa shape index (κ3) is 3.47. The van der Waals surface area contributed by atoms with Gasteiger partial charge in [-0.15, -0.1) is 0 Å². The summed E-state index contributed by atoms with van der Waals surface area (Å²) < 4.78 is 5.37. The van der Waals surface area contributed by atoms with Gasteiger partial charge in [-0.05, 0) is 17.5 Å². The number of piperidine rings is 1. The molecule has 4 N–H and O–H groups in total. The van der Waals surface area contributed by atoms with Crippen LogP contribution in [0, 0.1) is 5.92 Å². The lowest BCUT2D eigenvalue weighted by molar-refractivity contribution is -0.136. The summed E-state index contributed by atoms with van der Waals surface area (Å²) in [4.78, 5) is 38.1. The maximum Gasteiger partial charge on any atom is 0.255 e. The van der Waals surface area contributed by atoms with Gasteiger partial charge < -0.3 is 20.7 Å². The molecule has 4 rings (SSSR count). The van der Waals surface area contributed by atoms with E-state index < -0.39 is 6.04 Å². The average Bonchev–Trinajstić information content (AvgIpc) is 3.19. The number of nitrogens with two attached hydrogens (primary N) is 1. The number of nitrogens with one attached hydrogen (secondary N) is 2. The number of hydrogen-bond acceptors (Lipinski definition) is 6. The number of rotatable bonds is 5. The van der Waals surface area contributed by atoms with Gasteiger partial charge in [0, 0.05) is 43.6 Å². The third-order valence-corrected chi connectivity index (χ3v) is 5.61. The number of ether oxygens (including phenoxy) is 1. The van der Waals surface area contributed by atoms with Crippen LogP contribution in [-0.2, 0) is 27.4 Å². The minimum absolute atomic E-state index is 0.0450.